The minimum absolute atomic E-state index is 0.0364. The van der Waals surface area contributed by atoms with Crippen LogP contribution in [0.2, 0.25) is 5.15 Å². The van der Waals surface area contributed by atoms with Crippen LogP contribution in [-0.2, 0) is 6.54 Å². The van der Waals surface area contributed by atoms with Crippen molar-refractivity contribution >= 4 is 11.6 Å². The topological polar surface area (TPSA) is 39.8 Å². The van der Waals surface area contributed by atoms with Crippen LogP contribution >= 0.6 is 11.6 Å². The second kappa shape index (κ2) is 4.04. The summed E-state index contributed by atoms with van der Waals surface area (Å²) in [6.07, 6.45) is 5.88. The molecule has 0 aromatic carbocycles. The van der Waals surface area contributed by atoms with Gasteiger partial charge in [0.2, 0.25) is 0 Å². The van der Waals surface area contributed by atoms with Crippen LogP contribution in [0, 0.1) is 0 Å². The zero-order valence-electron chi connectivity index (χ0n) is 9.21. The van der Waals surface area contributed by atoms with Gasteiger partial charge >= 0.3 is 5.69 Å². The normalized spacial score (nSPS) is 15.1. The van der Waals surface area contributed by atoms with E-state index in [1.165, 1.54) is 0 Å². The van der Waals surface area contributed by atoms with E-state index in [-0.39, 0.29) is 5.69 Å². The van der Waals surface area contributed by atoms with Crippen molar-refractivity contribution in [3.8, 4) is 0 Å². The first-order chi connectivity index (χ1) is 8.24. The van der Waals surface area contributed by atoms with Crippen LogP contribution in [0.5, 0.6) is 0 Å². The molecule has 0 saturated heterocycles. The highest BCUT2D eigenvalue weighted by Gasteiger charge is 2.25. The fraction of sp³-hybridized carbons (Fsp3) is 0.333. The molecule has 88 valence electrons. The lowest BCUT2D eigenvalue weighted by atomic mass is 10.3. The number of nitrogens with zero attached hydrogens (tertiary/aromatic N) is 3. The molecule has 0 unspecified atom stereocenters. The Morgan fingerprint density at radius 1 is 1.35 bits per heavy atom. The molecule has 4 nitrogen and oxygen atoms in total. The van der Waals surface area contributed by atoms with E-state index in [9.17, 15) is 4.79 Å². The second-order valence-corrected chi connectivity index (χ2v) is 4.69. The molecule has 0 radical (unpaired) electrons. The zero-order valence-corrected chi connectivity index (χ0v) is 9.97. The van der Waals surface area contributed by atoms with E-state index >= 15 is 0 Å². The molecule has 2 aromatic rings. The third-order valence-corrected chi connectivity index (χ3v) is 3.13. The van der Waals surface area contributed by atoms with Gasteiger partial charge in [0.05, 0.1) is 12.2 Å². The van der Waals surface area contributed by atoms with E-state index in [2.05, 4.69) is 4.98 Å². The quantitative estimate of drug-likeness (QED) is 0.782. The number of halogens is 1. The summed E-state index contributed by atoms with van der Waals surface area (Å²) in [4.78, 5) is 16.2. The highest BCUT2D eigenvalue weighted by Crippen LogP contribution is 2.33. The van der Waals surface area contributed by atoms with Crippen molar-refractivity contribution in [1.82, 2.24) is 14.1 Å². The van der Waals surface area contributed by atoms with Crippen LogP contribution < -0.4 is 5.69 Å². The zero-order chi connectivity index (χ0) is 11.8. The molecule has 3 rings (SSSR count). The van der Waals surface area contributed by atoms with Gasteiger partial charge in [-0.15, -0.1) is 0 Å². The summed E-state index contributed by atoms with van der Waals surface area (Å²) in [6, 6.07) is 5.85. The molecule has 0 aliphatic heterocycles. The van der Waals surface area contributed by atoms with Crippen molar-refractivity contribution in [3.63, 3.8) is 0 Å². The summed E-state index contributed by atoms with van der Waals surface area (Å²) in [7, 11) is 0. The van der Waals surface area contributed by atoms with Crippen molar-refractivity contribution < 1.29 is 0 Å². The molecular formula is C12H12ClN3O. The Hall–Kier alpha value is -1.55. The van der Waals surface area contributed by atoms with E-state index in [1.807, 2.05) is 24.5 Å². The largest absolute Gasteiger partial charge is 0.328 e. The number of hydrogen-bond donors (Lipinski definition) is 0. The molecular weight excluding hydrogens is 238 g/mol. The Morgan fingerprint density at radius 3 is 2.88 bits per heavy atom. The van der Waals surface area contributed by atoms with Crippen LogP contribution in [0.25, 0.3) is 0 Å². The number of pyridine rings is 1. The first-order valence-electron chi connectivity index (χ1n) is 5.63. The van der Waals surface area contributed by atoms with Gasteiger partial charge in [0.15, 0.2) is 0 Å². The summed E-state index contributed by atoms with van der Waals surface area (Å²) in [5, 5.41) is 0.456. The third kappa shape index (κ3) is 2.13. The fourth-order valence-corrected chi connectivity index (χ4v) is 2.07. The molecule has 17 heavy (non-hydrogen) atoms. The molecule has 1 aliphatic rings. The van der Waals surface area contributed by atoms with E-state index in [0.717, 1.165) is 18.5 Å². The van der Waals surface area contributed by atoms with Gasteiger partial charge in [-0.05, 0) is 25.0 Å². The molecule has 5 heteroatoms. The fourth-order valence-electron chi connectivity index (χ4n) is 1.89. The molecule has 0 N–H and O–H groups in total. The first-order valence-corrected chi connectivity index (χ1v) is 6.00. The SMILES string of the molecule is O=c1n(Cc2cccc(Cl)n2)ccn1C1CC1. The van der Waals surface area contributed by atoms with Gasteiger partial charge in [-0.25, -0.2) is 9.78 Å². The summed E-state index contributed by atoms with van der Waals surface area (Å²) < 4.78 is 3.46. The Morgan fingerprint density at radius 2 is 2.18 bits per heavy atom. The van der Waals surface area contributed by atoms with Crippen LogP contribution in [0.1, 0.15) is 24.6 Å². The van der Waals surface area contributed by atoms with E-state index in [0.29, 0.717) is 17.7 Å². The van der Waals surface area contributed by atoms with Gasteiger partial charge in [0, 0.05) is 18.4 Å². The predicted molar refractivity (Wildman–Crippen MR) is 65.3 cm³/mol. The average Bonchev–Trinajstić information content (AvgIpc) is 3.07. The summed E-state index contributed by atoms with van der Waals surface area (Å²) in [5.41, 5.74) is 0.836. The Bertz CT molecular complexity index is 598. The van der Waals surface area contributed by atoms with Gasteiger partial charge in [-0.1, -0.05) is 17.7 Å². The highest BCUT2D eigenvalue weighted by atomic mass is 35.5. The van der Waals surface area contributed by atoms with Crippen molar-refractivity contribution in [1.29, 1.82) is 0 Å². The molecule has 1 fully saturated rings. The molecule has 0 atom stereocenters. The van der Waals surface area contributed by atoms with Gasteiger partial charge < -0.3 is 0 Å². The molecule has 0 bridgehead atoms. The minimum Gasteiger partial charge on any atom is -0.296 e. The van der Waals surface area contributed by atoms with E-state index in [4.69, 9.17) is 11.6 Å². The monoisotopic (exact) mass is 249 g/mol. The van der Waals surface area contributed by atoms with E-state index in [1.54, 1.807) is 15.2 Å². The number of aromatic nitrogens is 3. The summed E-state index contributed by atoms with van der Waals surface area (Å²) in [6.45, 7) is 0.471. The number of imidazole rings is 1. The first kappa shape index (κ1) is 10.6. The highest BCUT2D eigenvalue weighted by molar-refractivity contribution is 6.29. The lowest BCUT2D eigenvalue weighted by Crippen LogP contribution is -2.24. The maximum absolute atomic E-state index is 12.0. The Kier molecular flexibility index (Phi) is 2.52. The summed E-state index contributed by atoms with van der Waals surface area (Å²) in [5.74, 6) is 0. The van der Waals surface area contributed by atoms with Crippen molar-refractivity contribution in [2.75, 3.05) is 0 Å². The van der Waals surface area contributed by atoms with Crippen LogP contribution in [0.15, 0.2) is 35.4 Å². The molecule has 1 aliphatic carbocycles. The summed E-state index contributed by atoms with van der Waals surface area (Å²) >= 11 is 5.81. The number of hydrogen-bond acceptors (Lipinski definition) is 2. The smallest absolute Gasteiger partial charge is 0.296 e. The average molecular weight is 250 g/mol. The molecule has 2 aromatic heterocycles. The molecule has 2 heterocycles. The van der Waals surface area contributed by atoms with Gasteiger partial charge in [0.1, 0.15) is 5.15 Å². The number of rotatable bonds is 3. The lowest BCUT2D eigenvalue weighted by molar-refractivity contribution is 0.651. The molecule has 0 amide bonds. The van der Waals surface area contributed by atoms with Crippen LogP contribution in [0.4, 0.5) is 0 Å². The van der Waals surface area contributed by atoms with Gasteiger partial charge in [0.25, 0.3) is 0 Å². The Labute approximate surface area is 103 Å². The van der Waals surface area contributed by atoms with Crippen LogP contribution in [-0.4, -0.2) is 14.1 Å². The maximum atomic E-state index is 12.0. The standard InChI is InChI=1S/C12H12ClN3O/c13-11-3-1-2-9(14-11)8-15-6-7-16(12(15)17)10-4-5-10/h1-3,6-7,10H,4-5,8H2. The van der Waals surface area contributed by atoms with Crippen LogP contribution in [0.3, 0.4) is 0 Å². The van der Waals surface area contributed by atoms with Crippen molar-refractivity contribution in [3.05, 3.63) is 51.9 Å². The van der Waals surface area contributed by atoms with Crippen molar-refractivity contribution in [2.24, 2.45) is 0 Å². The second-order valence-electron chi connectivity index (χ2n) is 4.30. The molecule has 1 saturated carbocycles. The predicted octanol–water partition coefficient (Wildman–Crippen LogP) is 2.08. The minimum atomic E-state index is 0.0364. The Balaban J connectivity index is 1.88. The van der Waals surface area contributed by atoms with Crippen molar-refractivity contribution in [2.45, 2.75) is 25.4 Å². The lowest BCUT2D eigenvalue weighted by Gasteiger charge is -2.01. The molecule has 0 spiro atoms. The van der Waals surface area contributed by atoms with Gasteiger partial charge in [-0.2, -0.15) is 0 Å². The van der Waals surface area contributed by atoms with E-state index < -0.39 is 0 Å². The maximum Gasteiger partial charge on any atom is 0.328 e. The third-order valence-electron chi connectivity index (χ3n) is 2.92. The van der Waals surface area contributed by atoms with Gasteiger partial charge in [-0.3, -0.25) is 9.13 Å².